The predicted octanol–water partition coefficient (Wildman–Crippen LogP) is 0.332. The molecule has 0 saturated carbocycles. The summed E-state index contributed by atoms with van der Waals surface area (Å²) >= 11 is 0. The lowest BCUT2D eigenvalue weighted by molar-refractivity contribution is -0.149. The molecule has 37 heavy (non-hydrogen) atoms. The molecule has 16 heteroatoms. The molecule has 5 N–H and O–H groups in total. The fourth-order valence-corrected chi connectivity index (χ4v) is 4.66. The summed E-state index contributed by atoms with van der Waals surface area (Å²) in [5.74, 6) is -0.584. The quantitative estimate of drug-likeness (QED) is 0.135. The van der Waals surface area contributed by atoms with E-state index in [2.05, 4.69) is 15.2 Å². The van der Waals surface area contributed by atoms with Crippen LogP contribution in [0.15, 0.2) is 18.5 Å². The molecule has 0 aromatic carbocycles. The van der Waals surface area contributed by atoms with Crippen molar-refractivity contribution in [1.82, 2.24) is 19.7 Å². The first-order chi connectivity index (χ1) is 17.4. The minimum Gasteiger partial charge on any atom is -0.462 e. The molecule has 5 atom stereocenters. The maximum Gasteiger partial charge on any atom is 0.406 e. The van der Waals surface area contributed by atoms with Gasteiger partial charge in [-0.15, -0.1) is 0 Å². The van der Waals surface area contributed by atoms with E-state index >= 15 is 0 Å². The van der Waals surface area contributed by atoms with Gasteiger partial charge in [-0.2, -0.15) is 10.4 Å². The average Bonchev–Trinajstić information content (AvgIpc) is 3.29. The van der Waals surface area contributed by atoms with E-state index in [1.54, 1.807) is 19.9 Å². The first kappa shape index (κ1) is 30.6. The largest absolute Gasteiger partial charge is 0.462 e. The molecule has 0 amide bonds. The Bertz CT molecular complexity index is 1140. The summed E-state index contributed by atoms with van der Waals surface area (Å²) in [5, 5.41) is 38.3. The summed E-state index contributed by atoms with van der Waals surface area (Å²) in [6.45, 7) is 3.71. The minimum atomic E-state index is -4.30. The third kappa shape index (κ3) is 7.44. The zero-order chi connectivity index (χ0) is 27.8. The van der Waals surface area contributed by atoms with Crippen molar-refractivity contribution in [2.45, 2.75) is 50.7 Å². The Kier molecular flexibility index (Phi) is 10.9. The van der Waals surface area contributed by atoms with Gasteiger partial charge in [0.2, 0.25) is 5.60 Å². The number of carbonyl (C=O) groups is 1. The number of nitrogens with one attached hydrogen (secondary N) is 1. The first-order valence-corrected chi connectivity index (χ1v) is 12.7. The Hall–Kier alpha value is -2.67. The van der Waals surface area contributed by atoms with Gasteiger partial charge in [0, 0.05) is 14.2 Å². The highest BCUT2D eigenvalue weighted by molar-refractivity contribution is 7.51. The van der Waals surface area contributed by atoms with Gasteiger partial charge >= 0.3 is 13.7 Å². The third-order valence-corrected chi connectivity index (χ3v) is 6.89. The molecule has 2 aromatic heterocycles. The molecule has 0 fully saturated rings. The monoisotopic (exact) mass is 544 g/mol. The maximum atomic E-state index is 13.4. The molecule has 0 aliphatic carbocycles. The van der Waals surface area contributed by atoms with E-state index in [1.807, 2.05) is 0 Å². The summed E-state index contributed by atoms with van der Waals surface area (Å²) in [5.41, 5.74) is 4.02. The summed E-state index contributed by atoms with van der Waals surface area (Å²) in [6, 6.07) is 3.61. The van der Waals surface area contributed by atoms with E-state index in [0.717, 1.165) is 13.4 Å². The van der Waals surface area contributed by atoms with Gasteiger partial charge in [0.05, 0.1) is 25.0 Å². The van der Waals surface area contributed by atoms with Gasteiger partial charge in [0.15, 0.2) is 5.82 Å². The molecule has 2 heterocycles. The lowest BCUT2D eigenvalue weighted by Crippen LogP contribution is -2.50. The Balaban J connectivity index is 2.28. The number of nitrogens with zero attached hydrogens (tertiary/aromatic N) is 4. The summed E-state index contributed by atoms with van der Waals surface area (Å²) in [7, 11) is -1.79. The van der Waals surface area contributed by atoms with E-state index in [4.69, 9.17) is 29.0 Å². The molecule has 0 aliphatic rings. The average molecular weight is 545 g/mol. The molecule has 2 rings (SSSR count). The predicted molar refractivity (Wildman–Crippen MR) is 129 cm³/mol. The number of esters is 1. The van der Waals surface area contributed by atoms with E-state index in [1.165, 1.54) is 30.7 Å². The van der Waals surface area contributed by atoms with Crippen LogP contribution >= 0.6 is 7.75 Å². The van der Waals surface area contributed by atoms with Gasteiger partial charge < -0.3 is 30.2 Å². The number of ether oxygens (including phenoxy) is 3. The second-order valence-corrected chi connectivity index (χ2v) is 10.00. The van der Waals surface area contributed by atoms with Crippen molar-refractivity contribution in [2.75, 3.05) is 39.8 Å². The number of hydrogen-bond acceptors (Lipinski definition) is 13. The highest BCUT2D eigenvalue weighted by atomic mass is 31.2. The Morgan fingerprint density at radius 1 is 1.27 bits per heavy atom. The lowest BCUT2D eigenvalue weighted by atomic mass is 9.93. The van der Waals surface area contributed by atoms with Crippen LogP contribution in [-0.4, -0.2) is 88.7 Å². The number of nitrogen functional groups attached to an aromatic ring is 1. The van der Waals surface area contributed by atoms with Crippen molar-refractivity contribution in [3.8, 4) is 6.07 Å². The SMILES string of the molecule is COCCOP(=O)(N[C@@H](C)C(=O)OC(C)C)OCC(C#N)(OC)[C@@H](O)[C@@H](O)c1ccc2c(N)ncnn12. The molecule has 2 aromatic rings. The van der Waals surface area contributed by atoms with Gasteiger partial charge in [-0.1, -0.05) is 0 Å². The number of aliphatic hydroxyl groups is 2. The van der Waals surface area contributed by atoms with E-state index in [9.17, 15) is 24.8 Å². The fourth-order valence-electron chi connectivity index (χ4n) is 3.18. The van der Waals surface area contributed by atoms with Crippen LogP contribution in [-0.2, 0) is 32.6 Å². The molecular weight excluding hydrogens is 511 g/mol. The van der Waals surface area contributed by atoms with Crippen molar-refractivity contribution in [2.24, 2.45) is 0 Å². The number of nitrogens with two attached hydrogens (primary N) is 1. The number of aromatic nitrogens is 3. The smallest absolute Gasteiger partial charge is 0.406 e. The summed E-state index contributed by atoms with van der Waals surface area (Å²) < 4.78 is 40.7. The van der Waals surface area contributed by atoms with Crippen molar-refractivity contribution in [3.63, 3.8) is 0 Å². The molecule has 0 aliphatic heterocycles. The van der Waals surface area contributed by atoms with Gasteiger partial charge in [-0.05, 0) is 32.9 Å². The molecule has 15 nitrogen and oxygen atoms in total. The van der Waals surface area contributed by atoms with Crippen LogP contribution in [0, 0.1) is 11.3 Å². The Morgan fingerprint density at radius 2 is 1.97 bits per heavy atom. The zero-order valence-corrected chi connectivity index (χ0v) is 22.1. The van der Waals surface area contributed by atoms with Crippen LogP contribution in [0.25, 0.3) is 5.52 Å². The maximum absolute atomic E-state index is 13.4. The van der Waals surface area contributed by atoms with E-state index in [-0.39, 0.29) is 24.7 Å². The Morgan fingerprint density at radius 3 is 2.57 bits per heavy atom. The van der Waals surface area contributed by atoms with Crippen molar-refractivity contribution < 1.29 is 42.8 Å². The third-order valence-electron chi connectivity index (χ3n) is 5.20. The van der Waals surface area contributed by atoms with Crippen molar-refractivity contribution in [1.29, 1.82) is 5.26 Å². The van der Waals surface area contributed by atoms with E-state index in [0.29, 0.717) is 5.52 Å². The van der Waals surface area contributed by atoms with Gasteiger partial charge in [0.25, 0.3) is 0 Å². The molecule has 2 unspecified atom stereocenters. The second-order valence-electron chi connectivity index (χ2n) is 8.23. The number of fused-ring (bicyclic) bond motifs is 1. The van der Waals surface area contributed by atoms with Crippen molar-refractivity contribution >= 4 is 25.1 Å². The van der Waals surface area contributed by atoms with Crippen LogP contribution < -0.4 is 10.8 Å². The van der Waals surface area contributed by atoms with Crippen LogP contribution in [0.2, 0.25) is 0 Å². The first-order valence-electron chi connectivity index (χ1n) is 11.2. The number of nitriles is 1. The highest BCUT2D eigenvalue weighted by Crippen LogP contribution is 2.46. The summed E-state index contributed by atoms with van der Waals surface area (Å²) in [4.78, 5) is 16.1. The van der Waals surface area contributed by atoms with Crippen LogP contribution in [0.5, 0.6) is 0 Å². The molecule has 0 spiro atoms. The van der Waals surface area contributed by atoms with Crippen LogP contribution in [0.1, 0.15) is 32.6 Å². The number of hydrogen-bond donors (Lipinski definition) is 4. The van der Waals surface area contributed by atoms with Gasteiger partial charge in [-0.25, -0.2) is 19.2 Å². The molecular formula is C21H33N6O9P. The van der Waals surface area contributed by atoms with Gasteiger partial charge in [0.1, 0.15) is 42.8 Å². The van der Waals surface area contributed by atoms with Crippen LogP contribution in [0.4, 0.5) is 5.82 Å². The van der Waals surface area contributed by atoms with Crippen molar-refractivity contribution in [3.05, 3.63) is 24.2 Å². The molecule has 0 bridgehead atoms. The number of methoxy groups -OCH3 is 2. The molecule has 206 valence electrons. The summed E-state index contributed by atoms with van der Waals surface area (Å²) in [6.07, 6.45) is -2.91. The molecule has 0 saturated heterocycles. The lowest BCUT2D eigenvalue weighted by Gasteiger charge is -2.34. The zero-order valence-electron chi connectivity index (χ0n) is 21.2. The minimum absolute atomic E-state index is 0.0428. The highest BCUT2D eigenvalue weighted by Gasteiger charge is 2.47. The number of anilines is 1. The standard InChI is InChI=1S/C21H33N6O9P/c1-13(2)36-20(30)14(3)26-37(31,34-9-8-32-4)35-11-21(10-22,33-5)18(29)17(28)15-6-7-16-19(23)24-12-25-27(15)16/h6-7,12-14,17-18,28-29H,8-9,11H2,1-5H3,(H,26,31)(H2,23,24,25)/t14-,17-,18-,21?,37?/m0/s1. The Labute approximate surface area is 214 Å². The second kappa shape index (κ2) is 13.2. The number of aliphatic hydroxyl groups excluding tert-OH is 2. The number of rotatable bonds is 15. The normalized spacial score (nSPS) is 17.5. The van der Waals surface area contributed by atoms with Crippen LogP contribution in [0.3, 0.4) is 0 Å². The topological polar surface area (TPSA) is 213 Å². The van der Waals surface area contributed by atoms with E-state index < -0.39 is 50.3 Å². The van der Waals surface area contributed by atoms with Gasteiger partial charge in [-0.3, -0.25) is 13.8 Å². The number of carbonyl (C=O) groups excluding carboxylic acids is 1. The molecule has 0 radical (unpaired) electrons. The fraction of sp³-hybridized carbons (Fsp3) is 0.619.